The van der Waals surface area contributed by atoms with Crippen LogP contribution in [0.5, 0.6) is 0 Å². The molecule has 2 heterocycles. The molecule has 212 valence electrons. The van der Waals surface area contributed by atoms with Crippen molar-refractivity contribution in [1.82, 2.24) is 0 Å². The first-order valence-electron chi connectivity index (χ1n) is 14.4. The van der Waals surface area contributed by atoms with Crippen molar-refractivity contribution >= 4 is 5.97 Å². The predicted molar refractivity (Wildman–Crippen MR) is 156 cm³/mol. The number of ether oxygens (including phenoxy) is 2. The second-order valence-electron chi connectivity index (χ2n) is 11.3. The maximum atomic E-state index is 10.6. The number of aliphatic carboxylic acids is 1. The molecule has 0 spiro atoms. The number of hydrogen-bond donors (Lipinski definition) is 2. The third-order valence-corrected chi connectivity index (χ3v) is 7.13. The van der Waals surface area contributed by atoms with Crippen molar-refractivity contribution in [3.05, 3.63) is 72.4 Å². The Balaban J connectivity index is 1.57. The zero-order valence-corrected chi connectivity index (χ0v) is 23.8. The standard InChI is InChI=1S/C33H50O5/c1-25(11-6-5-7-14-31-23-26(2)19-20-37-31)12-8-13-29(34)22-27(3)21-28(4)24-32-17-9-15-30(38-32)16-10-18-33(35)36/h7-10,13-15,18-19,25,28-32,34H,3,5-6,11-12,16-17,20-24H2,1-2,4H3,(H,35,36)/b13-8+,14-7+,18-10-/t25-,28+,29+,30+,31-,32?/m1/s1. The first kappa shape index (κ1) is 32.0. The number of rotatable bonds is 17. The number of aliphatic hydroxyl groups excluding tert-OH is 1. The van der Waals surface area contributed by atoms with Crippen molar-refractivity contribution in [2.24, 2.45) is 11.8 Å². The molecule has 0 aromatic carbocycles. The van der Waals surface area contributed by atoms with Crippen LogP contribution in [-0.4, -0.2) is 47.2 Å². The quantitative estimate of drug-likeness (QED) is 0.117. The fraction of sp³-hybridized carbons (Fsp3) is 0.606. The molecule has 2 aliphatic heterocycles. The topological polar surface area (TPSA) is 76.0 Å². The highest BCUT2D eigenvalue weighted by Crippen LogP contribution is 2.25. The molecule has 1 unspecified atom stereocenters. The highest BCUT2D eigenvalue weighted by atomic mass is 16.5. The maximum Gasteiger partial charge on any atom is 0.327 e. The summed E-state index contributed by atoms with van der Waals surface area (Å²) in [6.07, 6.45) is 26.7. The molecule has 6 atom stereocenters. The van der Waals surface area contributed by atoms with Crippen molar-refractivity contribution in [3.8, 4) is 0 Å². The fourth-order valence-corrected chi connectivity index (χ4v) is 5.11. The molecule has 2 aliphatic rings. The van der Waals surface area contributed by atoms with E-state index in [1.54, 1.807) is 6.08 Å². The molecular formula is C33H50O5. The Hall–Kier alpha value is -2.21. The van der Waals surface area contributed by atoms with Crippen LogP contribution in [0.4, 0.5) is 0 Å². The highest BCUT2D eigenvalue weighted by Gasteiger charge is 2.20. The van der Waals surface area contributed by atoms with E-state index >= 15 is 0 Å². The molecule has 0 amide bonds. The Morgan fingerprint density at radius 1 is 1.21 bits per heavy atom. The van der Waals surface area contributed by atoms with E-state index in [0.717, 1.165) is 50.7 Å². The van der Waals surface area contributed by atoms with Gasteiger partial charge in [-0.2, -0.15) is 0 Å². The molecule has 0 aliphatic carbocycles. The molecule has 5 nitrogen and oxygen atoms in total. The van der Waals surface area contributed by atoms with Crippen molar-refractivity contribution < 1.29 is 24.5 Å². The summed E-state index contributed by atoms with van der Waals surface area (Å²) in [4.78, 5) is 10.6. The van der Waals surface area contributed by atoms with Crippen molar-refractivity contribution in [2.45, 2.75) is 109 Å². The van der Waals surface area contributed by atoms with Gasteiger partial charge in [-0.05, 0) is 76.5 Å². The Bertz CT molecular complexity index is 865. The molecule has 38 heavy (non-hydrogen) atoms. The summed E-state index contributed by atoms with van der Waals surface area (Å²) in [6, 6.07) is 0. The maximum absolute atomic E-state index is 10.6. The van der Waals surface area contributed by atoms with Gasteiger partial charge in [-0.25, -0.2) is 4.79 Å². The van der Waals surface area contributed by atoms with E-state index in [2.05, 4.69) is 57.7 Å². The molecule has 2 rings (SSSR count). The van der Waals surface area contributed by atoms with E-state index in [0.29, 0.717) is 24.7 Å². The summed E-state index contributed by atoms with van der Waals surface area (Å²) < 4.78 is 11.8. The van der Waals surface area contributed by atoms with E-state index in [-0.39, 0.29) is 18.3 Å². The Labute approximate surface area is 230 Å². The molecule has 0 fully saturated rings. The van der Waals surface area contributed by atoms with Crippen LogP contribution in [0.2, 0.25) is 0 Å². The van der Waals surface area contributed by atoms with Crippen LogP contribution in [-0.2, 0) is 14.3 Å². The third kappa shape index (κ3) is 14.7. The van der Waals surface area contributed by atoms with Gasteiger partial charge < -0.3 is 19.7 Å². The SMILES string of the molecule is C=C(C[C@H](C)CC1CC=C[C@@H](C/C=C\C(=O)O)O1)C[C@@H](O)/C=C/C[C@H](C)CCC/C=C/[C@@H]1CC(C)=CCO1. The van der Waals surface area contributed by atoms with Crippen LogP contribution in [0.25, 0.3) is 0 Å². The minimum atomic E-state index is -0.933. The number of carbonyl (C=O) groups is 1. The van der Waals surface area contributed by atoms with Crippen molar-refractivity contribution in [2.75, 3.05) is 6.61 Å². The second-order valence-corrected chi connectivity index (χ2v) is 11.3. The lowest BCUT2D eigenvalue weighted by Crippen LogP contribution is -2.25. The zero-order chi connectivity index (χ0) is 27.8. The van der Waals surface area contributed by atoms with Gasteiger partial charge in [-0.3, -0.25) is 0 Å². The average Bonchev–Trinajstić information content (AvgIpc) is 2.83. The van der Waals surface area contributed by atoms with Crippen LogP contribution >= 0.6 is 0 Å². The van der Waals surface area contributed by atoms with E-state index in [4.69, 9.17) is 14.6 Å². The number of carboxylic acid groups (broad SMARTS) is 1. The van der Waals surface area contributed by atoms with Gasteiger partial charge in [0.15, 0.2) is 0 Å². The van der Waals surface area contributed by atoms with Gasteiger partial charge in [0.1, 0.15) is 0 Å². The molecule has 0 aromatic heterocycles. The lowest BCUT2D eigenvalue weighted by molar-refractivity contribution is -0.131. The molecule has 0 aromatic rings. The van der Waals surface area contributed by atoms with Gasteiger partial charge in [0.2, 0.25) is 0 Å². The third-order valence-electron chi connectivity index (χ3n) is 7.13. The largest absolute Gasteiger partial charge is 0.478 e. The lowest BCUT2D eigenvalue weighted by Gasteiger charge is -2.28. The van der Waals surface area contributed by atoms with Gasteiger partial charge in [0, 0.05) is 6.08 Å². The summed E-state index contributed by atoms with van der Waals surface area (Å²) in [7, 11) is 0. The molecule has 2 N–H and O–H groups in total. The Kier molecular flexibility index (Phi) is 15.3. The van der Waals surface area contributed by atoms with Gasteiger partial charge in [-0.1, -0.05) is 86.6 Å². The number of allylic oxidation sites excluding steroid dienone is 2. The smallest absolute Gasteiger partial charge is 0.327 e. The summed E-state index contributed by atoms with van der Waals surface area (Å²) in [5, 5.41) is 19.2. The Morgan fingerprint density at radius 3 is 2.79 bits per heavy atom. The first-order valence-corrected chi connectivity index (χ1v) is 14.4. The lowest BCUT2D eigenvalue weighted by atomic mass is 9.91. The van der Waals surface area contributed by atoms with E-state index in [1.165, 1.54) is 24.5 Å². The number of carboxylic acids is 1. The van der Waals surface area contributed by atoms with Gasteiger partial charge >= 0.3 is 5.97 Å². The molecule has 5 heteroatoms. The van der Waals surface area contributed by atoms with Gasteiger partial charge in [0.05, 0.1) is 31.0 Å². The molecule has 0 saturated carbocycles. The minimum absolute atomic E-state index is 0.0660. The normalized spacial score (nSPS) is 24.6. The van der Waals surface area contributed by atoms with E-state index in [9.17, 15) is 9.90 Å². The van der Waals surface area contributed by atoms with Gasteiger partial charge in [0.25, 0.3) is 0 Å². The number of hydrogen-bond acceptors (Lipinski definition) is 4. The van der Waals surface area contributed by atoms with Crippen molar-refractivity contribution in [1.29, 1.82) is 0 Å². The summed E-state index contributed by atoms with van der Waals surface area (Å²) in [5.41, 5.74) is 2.48. The van der Waals surface area contributed by atoms with Crippen LogP contribution in [0.1, 0.15) is 85.0 Å². The van der Waals surface area contributed by atoms with Crippen LogP contribution in [0.3, 0.4) is 0 Å². The van der Waals surface area contributed by atoms with Crippen LogP contribution in [0, 0.1) is 11.8 Å². The van der Waals surface area contributed by atoms with E-state index in [1.807, 2.05) is 12.2 Å². The first-order chi connectivity index (χ1) is 18.2. The predicted octanol–water partition coefficient (Wildman–Crippen LogP) is 7.50. The minimum Gasteiger partial charge on any atom is -0.478 e. The zero-order valence-electron chi connectivity index (χ0n) is 23.8. The van der Waals surface area contributed by atoms with Crippen LogP contribution < -0.4 is 0 Å². The summed E-state index contributed by atoms with van der Waals surface area (Å²) in [6.45, 7) is 11.6. The van der Waals surface area contributed by atoms with Crippen LogP contribution in [0.15, 0.2) is 72.4 Å². The molecule has 0 bridgehead atoms. The second kappa shape index (κ2) is 18.1. The highest BCUT2D eigenvalue weighted by molar-refractivity contribution is 5.79. The van der Waals surface area contributed by atoms with E-state index < -0.39 is 12.1 Å². The monoisotopic (exact) mass is 526 g/mol. The molecular weight excluding hydrogens is 476 g/mol. The number of aliphatic hydroxyl groups is 1. The van der Waals surface area contributed by atoms with Crippen molar-refractivity contribution in [3.63, 3.8) is 0 Å². The summed E-state index contributed by atoms with van der Waals surface area (Å²) in [5.74, 6) is 0.0707. The summed E-state index contributed by atoms with van der Waals surface area (Å²) >= 11 is 0. The Morgan fingerprint density at radius 2 is 2.03 bits per heavy atom. The molecule has 0 radical (unpaired) electrons. The molecule has 0 saturated heterocycles. The van der Waals surface area contributed by atoms with Gasteiger partial charge in [-0.15, -0.1) is 0 Å². The fourth-order valence-electron chi connectivity index (χ4n) is 5.11. The average molecular weight is 527 g/mol. The number of unbranched alkanes of at least 4 members (excludes halogenated alkanes) is 1.